The van der Waals surface area contributed by atoms with E-state index in [2.05, 4.69) is 10.3 Å². The van der Waals surface area contributed by atoms with E-state index in [1.165, 1.54) is 16.9 Å². The average Bonchev–Trinajstić information content (AvgIpc) is 2.96. The number of hydrogen-bond donors (Lipinski definition) is 1. The van der Waals surface area contributed by atoms with Crippen molar-refractivity contribution < 1.29 is 9.53 Å². The van der Waals surface area contributed by atoms with Crippen LogP contribution in [0.1, 0.15) is 25.9 Å². The predicted molar refractivity (Wildman–Crippen MR) is 96.8 cm³/mol. The van der Waals surface area contributed by atoms with E-state index in [9.17, 15) is 4.79 Å². The molecule has 1 heterocycles. The van der Waals surface area contributed by atoms with Crippen LogP contribution in [-0.2, 0) is 6.61 Å². The third kappa shape index (κ3) is 4.00. The number of ether oxygens (including phenoxy) is 1. The van der Waals surface area contributed by atoms with Crippen LogP contribution in [0.4, 0.5) is 5.69 Å². The summed E-state index contributed by atoms with van der Waals surface area (Å²) in [7, 11) is 0. The Bertz CT molecular complexity index is 826. The summed E-state index contributed by atoms with van der Waals surface area (Å²) in [5, 5.41) is 3.67. The molecule has 0 unspecified atom stereocenters. The summed E-state index contributed by atoms with van der Waals surface area (Å²) < 4.78 is 5.73. The maximum absolute atomic E-state index is 12.4. The van der Waals surface area contributed by atoms with Gasteiger partial charge in [-0.2, -0.15) is 0 Å². The second-order valence-electron chi connectivity index (χ2n) is 5.44. The lowest BCUT2D eigenvalue weighted by Crippen LogP contribution is -2.11. The Hall–Kier alpha value is -2.66. The quantitative estimate of drug-likeness (QED) is 0.740. The highest BCUT2D eigenvalue weighted by Crippen LogP contribution is 2.22. The number of benzene rings is 2. The van der Waals surface area contributed by atoms with Gasteiger partial charge in [-0.05, 0) is 38.1 Å². The molecule has 0 atom stereocenters. The zero-order chi connectivity index (χ0) is 16.9. The SMILES string of the molecule is Cc1ccc(OCc2nc(C)c(C(=O)Nc3ccccc3)s2)cc1. The molecule has 0 saturated heterocycles. The van der Waals surface area contributed by atoms with Crippen LogP contribution in [-0.4, -0.2) is 10.9 Å². The molecule has 0 aliphatic rings. The number of amides is 1. The first-order valence-corrected chi connectivity index (χ1v) is 8.45. The molecule has 0 aliphatic heterocycles. The maximum atomic E-state index is 12.4. The van der Waals surface area contributed by atoms with E-state index in [4.69, 9.17) is 4.74 Å². The van der Waals surface area contributed by atoms with Gasteiger partial charge in [0.15, 0.2) is 0 Å². The predicted octanol–water partition coefficient (Wildman–Crippen LogP) is 4.59. The van der Waals surface area contributed by atoms with E-state index in [1.54, 1.807) is 0 Å². The maximum Gasteiger partial charge on any atom is 0.267 e. The first-order valence-electron chi connectivity index (χ1n) is 7.64. The molecule has 2 aromatic carbocycles. The molecule has 1 amide bonds. The summed E-state index contributed by atoms with van der Waals surface area (Å²) in [6.45, 7) is 4.23. The summed E-state index contributed by atoms with van der Waals surface area (Å²) in [6, 6.07) is 17.3. The van der Waals surface area contributed by atoms with Crippen molar-refractivity contribution in [3.8, 4) is 5.75 Å². The highest BCUT2D eigenvalue weighted by atomic mass is 32.1. The number of nitrogens with zero attached hydrogens (tertiary/aromatic N) is 1. The van der Waals surface area contributed by atoms with Crippen LogP contribution in [0, 0.1) is 13.8 Å². The minimum Gasteiger partial charge on any atom is -0.486 e. The van der Waals surface area contributed by atoms with Crippen molar-refractivity contribution in [1.82, 2.24) is 4.98 Å². The molecule has 122 valence electrons. The van der Waals surface area contributed by atoms with Gasteiger partial charge >= 0.3 is 0 Å². The molecule has 0 fully saturated rings. The summed E-state index contributed by atoms with van der Waals surface area (Å²) in [6.07, 6.45) is 0. The van der Waals surface area contributed by atoms with E-state index in [1.807, 2.05) is 68.4 Å². The van der Waals surface area contributed by atoms with Gasteiger partial charge in [-0.25, -0.2) is 4.98 Å². The largest absolute Gasteiger partial charge is 0.486 e. The minimum atomic E-state index is -0.141. The highest BCUT2D eigenvalue weighted by Gasteiger charge is 2.15. The Kier molecular flexibility index (Phi) is 4.91. The van der Waals surface area contributed by atoms with Crippen molar-refractivity contribution in [1.29, 1.82) is 0 Å². The van der Waals surface area contributed by atoms with E-state index in [0.29, 0.717) is 11.5 Å². The van der Waals surface area contributed by atoms with Gasteiger partial charge in [-0.15, -0.1) is 11.3 Å². The molecule has 5 heteroatoms. The van der Waals surface area contributed by atoms with Gasteiger partial charge in [0.25, 0.3) is 5.91 Å². The van der Waals surface area contributed by atoms with Crippen LogP contribution in [0.15, 0.2) is 54.6 Å². The average molecular weight is 338 g/mol. The van der Waals surface area contributed by atoms with Crippen molar-refractivity contribution in [3.63, 3.8) is 0 Å². The Labute approximate surface area is 145 Å². The first-order chi connectivity index (χ1) is 11.6. The van der Waals surface area contributed by atoms with Crippen molar-refractivity contribution in [2.45, 2.75) is 20.5 Å². The zero-order valence-corrected chi connectivity index (χ0v) is 14.4. The number of hydrogen-bond acceptors (Lipinski definition) is 4. The lowest BCUT2D eigenvalue weighted by molar-refractivity contribution is 0.103. The Morgan fingerprint density at radius 2 is 1.79 bits per heavy atom. The zero-order valence-electron chi connectivity index (χ0n) is 13.6. The fraction of sp³-hybridized carbons (Fsp3) is 0.158. The van der Waals surface area contributed by atoms with Crippen LogP contribution < -0.4 is 10.1 Å². The van der Waals surface area contributed by atoms with Crippen LogP contribution in [0.3, 0.4) is 0 Å². The fourth-order valence-corrected chi connectivity index (χ4v) is 3.09. The number of aryl methyl sites for hydroxylation is 2. The van der Waals surface area contributed by atoms with Gasteiger partial charge < -0.3 is 10.1 Å². The summed E-state index contributed by atoms with van der Waals surface area (Å²) in [5.41, 5.74) is 2.68. The monoisotopic (exact) mass is 338 g/mol. The van der Waals surface area contributed by atoms with Gasteiger partial charge in [0.1, 0.15) is 22.2 Å². The third-order valence-electron chi connectivity index (χ3n) is 3.46. The van der Waals surface area contributed by atoms with Gasteiger partial charge in [-0.1, -0.05) is 35.9 Å². The number of rotatable bonds is 5. The molecule has 0 radical (unpaired) electrons. The number of para-hydroxylation sites is 1. The number of thiazole rings is 1. The Morgan fingerprint density at radius 1 is 1.08 bits per heavy atom. The van der Waals surface area contributed by atoms with Gasteiger partial charge in [0, 0.05) is 5.69 Å². The molecule has 1 N–H and O–H groups in total. The summed E-state index contributed by atoms with van der Waals surface area (Å²) in [5.74, 6) is 0.654. The van der Waals surface area contributed by atoms with E-state index in [-0.39, 0.29) is 5.91 Å². The van der Waals surface area contributed by atoms with Crippen LogP contribution >= 0.6 is 11.3 Å². The van der Waals surface area contributed by atoms with Crippen LogP contribution in [0.25, 0.3) is 0 Å². The number of aromatic nitrogens is 1. The topological polar surface area (TPSA) is 51.2 Å². The van der Waals surface area contributed by atoms with E-state index in [0.717, 1.165) is 22.1 Å². The Morgan fingerprint density at radius 3 is 2.50 bits per heavy atom. The molecule has 3 rings (SSSR count). The molecule has 0 aliphatic carbocycles. The van der Waals surface area contributed by atoms with Crippen molar-refractivity contribution in [2.75, 3.05) is 5.32 Å². The van der Waals surface area contributed by atoms with Gasteiger partial charge in [0.2, 0.25) is 0 Å². The number of carbonyl (C=O) groups excluding carboxylic acids is 1. The van der Waals surface area contributed by atoms with Crippen LogP contribution in [0.5, 0.6) is 5.75 Å². The molecule has 1 aromatic heterocycles. The molecule has 0 saturated carbocycles. The highest BCUT2D eigenvalue weighted by molar-refractivity contribution is 7.13. The lowest BCUT2D eigenvalue weighted by atomic mass is 10.2. The van der Waals surface area contributed by atoms with Crippen molar-refractivity contribution in [3.05, 3.63) is 75.7 Å². The smallest absolute Gasteiger partial charge is 0.267 e. The molecule has 0 spiro atoms. The Balaban J connectivity index is 1.66. The summed E-state index contributed by atoms with van der Waals surface area (Å²) in [4.78, 5) is 17.4. The second kappa shape index (κ2) is 7.27. The first kappa shape index (κ1) is 16.2. The van der Waals surface area contributed by atoms with Crippen LogP contribution in [0.2, 0.25) is 0 Å². The number of nitrogens with one attached hydrogen (secondary N) is 1. The molecule has 24 heavy (non-hydrogen) atoms. The second-order valence-corrected chi connectivity index (χ2v) is 6.53. The standard InChI is InChI=1S/C19H18N2O2S/c1-13-8-10-16(11-9-13)23-12-17-20-14(2)18(24-17)19(22)21-15-6-4-3-5-7-15/h3-11H,12H2,1-2H3,(H,21,22). The molecule has 3 aromatic rings. The molecular formula is C19H18N2O2S. The molecule has 0 bridgehead atoms. The lowest BCUT2D eigenvalue weighted by Gasteiger charge is -2.04. The number of anilines is 1. The van der Waals surface area contributed by atoms with E-state index >= 15 is 0 Å². The molecule has 4 nitrogen and oxygen atoms in total. The van der Waals surface area contributed by atoms with Gasteiger partial charge in [0.05, 0.1) is 5.69 Å². The van der Waals surface area contributed by atoms with Gasteiger partial charge in [-0.3, -0.25) is 4.79 Å². The molecular weight excluding hydrogens is 320 g/mol. The fourth-order valence-electron chi connectivity index (χ4n) is 2.21. The van der Waals surface area contributed by atoms with Crippen molar-refractivity contribution >= 4 is 22.9 Å². The minimum absolute atomic E-state index is 0.141. The summed E-state index contributed by atoms with van der Waals surface area (Å²) >= 11 is 1.36. The normalized spacial score (nSPS) is 10.4. The van der Waals surface area contributed by atoms with E-state index < -0.39 is 0 Å². The number of carbonyl (C=O) groups is 1. The third-order valence-corrected chi connectivity index (χ3v) is 4.59. The van der Waals surface area contributed by atoms with Crippen molar-refractivity contribution in [2.24, 2.45) is 0 Å².